The van der Waals surface area contributed by atoms with E-state index in [0.29, 0.717) is 22.9 Å². The van der Waals surface area contributed by atoms with Crippen molar-refractivity contribution in [2.75, 3.05) is 11.7 Å². The molecule has 2 aromatic carbocycles. The zero-order chi connectivity index (χ0) is 20.7. The molecule has 2 amide bonds. The van der Waals surface area contributed by atoms with E-state index in [4.69, 9.17) is 9.47 Å². The van der Waals surface area contributed by atoms with Gasteiger partial charge in [0.2, 0.25) is 23.8 Å². The van der Waals surface area contributed by atoms with Crippen LogP contribution in [0.25, 0.3) is 11.3 Å². The molecular formula is C20H13FN4O4S. The summed E-state index contributed by atoms with van der Waals surface area (Å²) in [6.45, 7) is 0.171. The molecule has 2 aliphatic rings. The van der Waals surface area contributed by atoms with Gasteiger partial charge < -0.3 is 9.47 Å². The molecule has 0 spiro atoms. The molecule has 1 fully saturated rings. The van der Waals surface area contributed by atoms with E-state index in [1.54, 1.807) is 12.1 Å². The lowest BCUT2D eigenvalue weighted by Crippen LogP contribution is -2.31. The smallest absolute Gasteiger partial charge is 0.247 e. The number of benzene rings is 2. The third-order valence-electron chi connectivity index (χ3n) is 4.65. The van der Waals surface area contributed by atoms with E-state index in [1.807, 2.05) is 6.07 Å². The van der Waals surface area contributed by atoms with Gasteiger partial charge in [-0.15, -0.1) is 5.10 Å². The fourth-order valence-corrected chi connectivity index (χ4v) is 4.15. The number of carbonyl (C=O) groups is 2. The molecule has 0 radical (unpaired) electrons. The van der Waals surface area contributed by atoms with Gasteiger partial charge in [0.1, 0.15) is 11.1 Å². The van der Waals surface area contributed by atoms with Crippen LogP contribution < -0.4 is 14.4 Å². The molecule has 0 saturated carbocycles. The molecule has 1 unspecified atom stereocenters. The minimum atomic E-state index is -0.684. The molecule has 150 valence electrons. The standard InChI is InChI=1S/C20H13FN4O4S/c21-12-2-4-13(5-3-12)25-18(26)8-17(19(25)27)30-20-23-14(9-22-24-20)11-1-6-15-16(7-11)29-10-28-15/h1-7,9,17H,8,10H2. The number of aromatic nitrogens is 3. The Balaban J connectivity index is 1.36. The number of ether oxygens (including phenoxy) is 2. The molecular weight excluding hydrogens is 411 g/mol. The summed E-state index contributed by atoms with van der Waals surface area (Å²) in [5.41, 5.74) is 1.65. The van der Waals surface area contributed by atoms with Crippen LogP contribution in [-0.4, -0.2) is 39.0 Å². The van der Waals surface area contributed by atoms with Crippen molar-refractivity contribution in [1.29, 1.82) is 0 Å². The number of fused-ring (bicyclic) bond motifs is 1. The van der Waals surface area contributed by atoms with Gasteiger partial charge in [-0.1, -0.05) is 11.8 Å². The first-order chi connectivity index (χ1) is 14.6. The second-order valence-electron chi connectivity index (χ2n) is 6.55. The Morgan fingerprint density at radius 3 is 2.70 bits per heavy atom. The number of hydrogen-bond acceptors (Lipinski definition) is 8. The lowest BCUT2D eigenvalue weighted by molar-refractivity contribution is -0.121. The Hall–Kier alpha value is -3.53. The van der Waals surface area contributed by atoms with Crippen molar-refractivity contribution in [1.82, 2.24) is 15.2 Å². The number of carbonyl (C=O) groups excluding carboxylic acids is 2. The van der Waals surface area contributed by atoms with E-state index in [0.717, 1.165) is 22.2 Å². The summed E-state index contributed by atoms with van der Waals surface area (Å²) in [4.78, 5) is 30.7. The number of anilines is 1. The summed E-state index contributed by atoms with van der Waals surface area (Å²) in [6.07, 6.45) is 1.51. The fraction of sp³-hybridized carbons (Fsp3) is 0.150. The van der Waals surface area contributed by atoms with E-state index in [1.165, 1.54) is 30.5 Å². The highest BCUT2D eigenvalue weighted by Crippen LogP contribution is 2.36. The SMILES string of the molecule is O=C1CC(Sc2nncc(-c3ccc4c(c3)OCO4)n2)C(=O)N1c1ccc(F)cc1. The van der Waals surface area contributed by atoms with Crippen molar-refractivity contribution in [3.63, 3.8) is 0 Å². The number of amides is 2. The Kier molecular flexibility index (Phi) is 4.55. The lowest BCUT2D eigenvalue weighted by Gasteiger charge is -2.14. The predicted molar refractivity (Wildman–Crippen MR) is 105 cm³/mol. The van der Waals surface area contributed by atoms with Crippen molar-refractivity contribution in [2.24, 2.45) is 0 Å². The van der Waals surface area contributed by atoms with Gasteiger partial charge >= 0.3 is 0 Å². The molecule has 0 bridgehead atoms. The van der Waals surface area contributed by atoms with Crippen LogP contribution in [0.5, 0.6) is 11.5 Å². The maximum atomic E-state index is 13.2. The van der Waals surface area contributed by atoms with Crippen LogP contribution >= 0.6 is 11.8 Å². The number of thioether (sulfide) groups is 1. The van der Waals surface area contributed by atoms with Crippen molar-refractivity contribution >= 4 is 29.3 Å². The molecule has 3 heterocycles. The van der Waals surface area contributed by atoms with Crippen LogP contribution in [-0.2, 0) is 9.59 Å². The Morgan fingerprint density at radius 2 is 1.87 bits per heavy atom. The van der Waals surface area contributed by atoms with E-state index < -0.39 is 17.0 Å². The zero-order valence-corrected chi connectivity index (χ0v) is 16.1. The number of nitrogens with zero attached hydrogens (tertiary/aromatic N) is 4. The molecule has 5 rings (SSSR count). The zero-order valence-electron chi connectivity index (χ0n) is 15.3. The van der Waals surface area contributed by atoms with Gasteiger partial charge in [-0.3, -0.25) is 9.59 Å². The van der Waals surface area contributed by atoms with Crippen LogP contribution in [0.2, 0.25) is 0 Å². The second-order valence-corrected chi connectivity index (χ2v) is 7.72. The van der Waals surface area contributed by atoms with Gasteiger partial charge in [0.25, 0.3) is 0 Å². The van der Waals surface area contributed by atoms with Crippen LogP contribution in [0.4, 0.5) is 10.1 Å². The van der Waals surface area contributed by atoms with E-state index in [2.05, 4.69) is 15.2 Å². The van der Waals surface area contributed by atoms with Crippen molar-refractivity contribution < 1.29 is 23.5 Å². The van der Waals surface area contributed by atoms with Crippen LogP contribution in [0, 0.1) is 5.82 Å². The Labute approximate surface area is 174 Å². The van der Waals surface area contributed by atoms with Gasteiger partial charge in [0.05, 0.1) is 17.6 Å². The molecule has 30 heavy (non-hydrogen) atoms. The minimum absolute atomic E-state index is 0.00150. The van der Waals surface area contributed by atoms with Crippen molar-refractivity contribution in [3.05, 3.63) is 54.5 Å². The van der Waals surface area contributed by atoms with Gasteiger partial charge in [0, 0.05) is 12.0 Å². The van der Waals surface area contributed by atoms with Gasteiger partial charge in [-0.25, -0.2) is 14.3 Å². The first-order valence-electron chi connectivity index (χ1n) is 8.97. The molecule has 8 nitrogen and oxygen atoms in total. The van der Waals surface area contributed by atoms with E-state index >= 15 is 0 Å². The summed E-state index contributed by atoms with van der Waals surface area (Å²) in [6, 6.07) is 10.6. The van der Waals surface area contributed by atoms with Crippen molar-refractivity contribution in [3.8, 4) is 22.8 Å². The highest BCUT2D eigenvalue weighted by molar-refractivity contribution is 8.00. The maximum Gasteiger partial charge on any atom is 0.247 e. The van der Waals surface area contributed by atoms with E-state index in [9.17, 15) is 14.0 Å². The molecule has 1 atom stereocenters. The lowest BCUT2D eigenvalue weighted by atomic mass is 10.1. The average molecular weight is 424 g/mol. The van der Waals surface area contributed by atoms with Gasteiger partial charge in [-0.2, -0.15) is 5.10 Å². The summed E-state index contributed by atoms with van der Waals surface area (Å²) in [5, 5.41) is 7.55. The Bertz CT molecular complexity index is 1160. The molecule has 0 N–H and O–H groups in total. The highest BCUT2D eigenvalue weighted by atomic mass is 32.2. The normalized spacial score (nSPS) is 17.6. The molecule has 10 heteroatoms. The highest BCUT2D eigenvalue weighted by Gasteiger charge is 2.40. The average Bonchev–Trinajstić information content (AvgIpc) is 3.33. The number of halogens is 1. The predicted octanol–water partition coefficient (Wildman–Crippen LogP) is 2.83. The second kappa shape index (κ2) is 7.38. The minimum Gasteiger partial charge on any atom is -0.454 e. The van der Waals surface area contributed by atoms with Crippen LogP contribution in [0.1, 0.15) is 6.42 Å². The van der Waals surface area contributed by atoms with E-state index in [-0.39, 0.29) is 24.3 Å². The number of hydrogen-bond donors (Lipinski definition) is 0. The number of rotatable bonds is 4. The van der Waals surface area contributed by atoms with Crippen LogP contribution in [0.15, 0.2) is 53.8 Å². The molecule has 0 aliphatic carbocycles. The fourth-order valence-electron chi connectivity index (χ4n) is 3.22. The quantitative estimate of drug-likeness (QED) is 0.590. The largest absolute Gasteiger partial charge is 0.454 e. The maximum absolute atomic E-state index is 13.2. The van der Waals surface area contributed by atoms with Crippen LogP contribution in [0.3, 0.4) is 0 Å². The summed E-state index contributed by atoms with van der Waals surface area (Å²) >= 11 is 1.07. The third-order valence-corrected chi connectivity index (χ3v) is 5.68. The number of imide groups is 1. The third kappa shape index (κ3) is 3.35. The molecule has 1 aromatic heterocycles. The first kappa shape index (κ1) is 18.5. The van der Waals surface area contributed by atoms with Crippen molar-refractivity contribution in [2.45, 2.75) is 16.8 Å². The molecule has 1 saturated heterocycles. The molecule has 3 aromatic rings. The van der Waals surface area contributed by atoms with Gasteiger partial charge in [-0.05, 0) is 42.5 Å². The first-order valence-corrected chi connectivity index (χ1v) is 9.85. The van der Waals surface area contributed by atoms with Gasteiger partial charge in [0.15, 0.2) is 11.5 Å². The topological polar surface area (TPSA) is 94.5 Å². The Morgan fingerprint density at radius 1 is 1.07 bits per heavy atom. The monoisotopic (exact) mass is 424 g/mol. The summed E-state index contributed by atoms with van der Waals surface area (Å²) in [7, 11) is 0. The molecule has 2 aliphatic heterocycles. The summed E-state index contributed by atoms with van der Waals surface area (Å²) in [5.74, 6) is 0.0828. The summed E-state index contributed by atoms with van der Waals surface area (Å²) < 4.78 is 23.8.